The number of hydrogen-bond donors (Lipinski definition) is 0. The van der Waals surface area contributed by atoms with Crippen molar-refractivity contribution in [1.29, 1.82) is 0 Å². The molecule has 11 heavy (non-hydrogen) atoms. The van der Waals surface area contributed by atoms with Crippen LogP contribution in [0.1, 0.15) is 57.8 Å². The minimum absolute atomic E-state index is 1.14. The van der Waals surface area contributed by atoms with E-state index >= 15 is 0 Å². The van der Waals surface area contributed by atoms with Crippen LogP contribution in [0.2, 0.25) is 0 Å². The molecule has 0 heterocycles. The third-order valence-corrected chi connectivity index (χ3v) is 3.16. The van der Waals surface area contributed by atoms with Crippen molar-refractivity contribution in [1.82, 2.24) is 0 Å². The maximum atomic E-state index is 1.89. The van der Waals surface area contributed by atoms with Crippen LogP contribution < -0.4 is 0 Å². The van der Waals surface area contributed by atoms with Crippen LogP contribution in [-0.2, 0) is 0 Å². The first-order valence-corrected chi connectivity index (χ1v) is 5.29. The molecule has 0 heteroatoms. The predicted molar refractivity (Wildman–Crippen MR) is 48.3 cm³/mol. The van der Waals surface area contributed by atoms with E-state index in [2.05, 4.69) is 0 Å². The van der Waals surface area contributed by atoms with Crippen LogP contribution in [-0.4, -0.2) is 0 Å². The van der Waals surface area contributed by atoms with Crippen molar-refractivity contribution in [2.45, 2.75) is 57.8 Å². The fraction of sp³-hybridized carbons (Fsp3) is 0.909. The molecule has 0 atom stereocenters. The van der Waals surface area contributed by atoms with Gasteiger partial charge < -0.3 is 0 Å². The Labute approximate surface area is 70.4 Å². The fourth-order valence-electron chi connectivity index (χ4n) is 2.12. The van der Waals surface area contributed by atoms with Crippen molar-refractivity contribution in [2.24, 2.45) is 5.92 Å². The van der Waals surface area contributed by atoms with Gasteiger partial charge in [0.05, 0.1) is 0 Å². The second-order valence-corrected chi connectivity index (χ2v) is 4.29. The molecule has 63 valence electrons. The first-order valence-electron chi connectivity index (χ1n) is 5.29. The molecule has 2 aliphatic rings. The van der Waals surface area contributed by atoms with Gasteiger partial charge in [0.15, 0.2) is 0 Å². The van der Waals surface area contributed by atoms with Gasteiger partial charge in [0, 0.05) is 0 Å². The third-order valence-electron chi connectivity index (χ3n) is 3.16. The number of hydrogen-bond acceptors (Lipinski definition) is 0. The van der Waals surface area contributed by atoms with Crippen LogP contribution in [0.4, 0.5) is 0 Å². The molecule has 0 bridgehead atoms. The van der Waals surface area contributed by atoms with Gasteiger partial charge in [0.2, 0.25) is 0 Å². The molecule has 0 nitrogen and oxygen atoms in total. The van der Waals surface area contributed by atoms with Crippen molar-refractivity contribution in [3.8, 4) is 0 Å². The van der Waals surface area contributed by atoms with Gasteiger partial charge >= 0.3 is 0 Å². The second kappa shape index (κ2) is 3.60. The molecule has 2 aliphatic carbocycles. The zero-order valence-electron chi connectivity index (χ0n) is 7.44. The molecule has 2 rings (SSSR count). The summed E-state index contributed by atoms with van der Waals surface area (Å²) in [7, 11) is 0. The van der Waals surface area contributed by atoms with Crippen LogP contribution in [0.3, 0.4) is 0 Å². The van der Waals surface area contributed by atoms with Gasteiger partial charge in [-0.05, 0) is 37.5 Å². The Bertz CT molecular complexity index is 107. The molecule has 0 saturated heterocycles. The molecule has 1 radical (unpaired) electrons. The van der Waals surface area contributed by atoms with Gasteiger partial charge in [0.1, 0.15) is 0 Å². The standard InChI is InChI=1S/C11H19/c1-2-4-10(5-3-1)6-7-11-8-9-11/h11H,1-9H2. The Morgan fingerprint density at radius 3 is 2.36 bits per heavy atom. The molecule has 0 aromatic rings. The van der Waals surface area contributed by atoms with E-state index in [1.165, 1.54) is 57.8 Å². The van der Waals surface area contributed by atoms with Crippen LogP contribution in [0.15, 0.2) is 0 Å². The highest BCUT2D eigenvalue weighted by atomic mass is 14.3. The minimum atomic E-state index is 1.14. The van der Waals surface area contributed by atoms with Gasteiger partial charge in [-0.2, -0.15) is 0 Å². The first kappa shape index (κ1) is 7.64. The smallest absolute Gasteiger partial charge is 0.0241 e. The highest BCUT2D eigenvalue weighted by Gasteiger charge is 2.23. The average Bonchev–Trinajstić information content (AvgIpc) is 2.86. The Morgan fingerprint density at radius 2 is 1.73 bits per heavy atom. The molecular weight excluding hydrogens is 132 g/mol. The van der Waals surface area contributed by atoms with Crippen molar-refractivity contribution < 1.29 is 0 Å². The summed E-state index contributed by atoms with van der Waals surface area (Å²) in [4.78, 5) is 0. The molecule has 0 aromatic heterocycles. The van der Waals surface area contributed by atoms with E-state index in [0.29, 0.717) is 0 Å². The molecule has 0 aromatic carbocycles. The summed E-state index contributed by atoms with van der Waals surface area (Å²) in [5.41, 5.74) is 0. The lowest BCUT2D eigenvalue weighted by atomic mass is 9.85. The van der Waals surface area contributed by atoms with Gasteiger partial charge in [-0.3, -0.25) is 0 Å². The Kier molecular flexibility index (Phi) is 2.50. The SMILES string of the molecule is C1CC[C](CCC2CC2)CC1. The molecule has 0 spiro atoms. The summed E-state index contributed by atoms with van der Waals surface area (Å²) in [5, 5.41) is 0. The van der Waals surface area contributed by atoms with Gasteiger partial charge in [-0.1, -0.05) is 32.1 Å². The zero-order chi connectivity index (χ0) is 7.52. The lowest BCUT2D eigenvalue weighted by Gasteiger charge is -2.20. The van der Waals surface area contributed by atoms with Crippen LogP contribution in [0.25, 0.3) is 0 Å². The molecule has 0 aliphatic heterocycles. The maximum absolute atomic E-state index is 1.89. The first-order chi connectivity index (χ1) is 5.45. The molecule has 2 saturated carbocycles. The highest BCUT2D eigenvalue weighted by Crippen LogP contribution is 2.38. The predicted octanol–water partition coefficient (Wildman–Crippen LogP) is 3.72. The molecule has 2 fully saturated rings. The Hall–Kier alpha value is 0. The summed E-state index contributed by atoms with van der Waals surface area (Å²) in [6, 6.07) is 0. The Morgan fingerprint density at radius 1 is 1.00 bits per heavy atom. The molecule has 0 N–H and O–H groups in total. The number of rotatable bonds is 3. The van der Waals surface area contributed by atoms with E-state index < -0.39 is 0 Å². The van der Waals surface area contributed by atoms with Crippen molar-refractivity contribution in [2.75, 3.05) is 0 Å². The van der Waals surface area contributed by atoms with E-state index in [0.717, 1.165) is 5.92 Å². The normalized spacial score (nSPS) is 27.3. The van der Waals surface area contributed by atoms with E-state index in [9.17, 15) is 0 Å². The Balaban J connectivity index is 1.59. The van der Waals surface area contributed by atoms with Crippen LogP contribution >= 0.6 is 0 Å². The fourth-order valence-corrected chi connectivity index (χ4v) is 2.12. The minimum Gasteiger partial charge on any atom is -0.0533 e. The summed E-state index contributed by atoms with van der Waals surface area (Å²) in [6.07, 6.45) is 13.5. The zero-order valence-corrected chi connectivity index (χ0v) is 7.44. The lowest BCUT2D eigenvalue weighted by molar-refractivity contribution is 0.489. The van der Waals surface area contributed by atoms with Gasteiger partial charge in [-0.15, -0.1) is 0 Å². The monoisotopic (exact) mass is 151 g/mol. The van der Waals surface area contributed by atoms with Crippen LogP contribution in [0.5, 0.6) is 0 Å². The van der Waals surface area contributed by atoms with Crippen molar-refractivity contribution in [3.05, 3.63) is 5.92 Å². The van der Waals surface area contributed by atoms with Crippen LogP contribution in [0, 0.1) is 11.8 Å². The molecular formula is C11H19. The van der Waals surface area contributed by atoms with Gasteiger partial charge in [0.25, 0.3) is 0 Å². The van der Waals surface area contributed by atoms with Crippen molar-refractivity contribution in [3.63, 3.8) is 0 Å². The largest absolute Gasteiger partial charge is 0.0533 e. The third kappa shape index (κ3) is 2.50. The topological polar surface area (TPSA) is 0 Å². The van der Waals surface area contributed by atoms with Gasteiger partial charge in [-0.25, -0.2) is 0 Å². The second-order valence-electron chi connectivity index (χ2n) is 4.29. The summed E-state index contributed by atoms with van der Waals surface area (Å²) in [6.45, 7) is 0. The molecule has 0 amide bonds. The average molecular weight is 151 g/mol. The summed E-state index contributed by atoms with van der Waals surface area (Å²) >= 11 is 0. The maximum Gasteiger partial charge on any atom is -0.0241 e. The molecule has 0 unspecified atom stereocenters. The van der Waals surface area contributed by atoms with E-state index in [1.54, 1.807) is 0 Å². The highest BCUT2D eigenvalue weighted by molar-refractivity contribution is 4.93. The van der Waals surface area contributed by atoms with E-state index in [4.69, 9.17) is 0 Å². The quantitative estimate of drug-likeness (QED) is 0.576. The van der Waals surface area contributed by atoms with Crippen molar-refractivity contribution >= 4 is 0 Å². The summed E-state index contributed by atoms with van der Waals surface area (Å²) < 4.78 is 0. The van der Waals surface area contributed by atoms with E-state index in [-0.39, 0.29) is 0 Å². The van der Waals surface area contributed by atoms with E-state index in [1.807, 2.05) is 5.92 Å². The lowest BCUT2D eigenvalue weighted by Crippen LogP contribution is -2.03. The summed E-state index contributed by atoms with van der Waals surface area (Å²) in [5.74, 6) is 3.03.